The van der Waals surface area contributed by atoms with Gasteiger partial charge in [0.2, 0.25) is 0 Å². The van der Waals surface area contributed by atoms with Gasteiger partial charge in [0, 0.05) is 40.3 Å². The van der Waals surface area contributed by atoms with E-state index in [-0.39, 0.29) is 5.91 Å². The van der Waals surface area contributed by atoms with Crippen molar-refractivity contribution in [2.75, 3.05) is 5.32 Å². The van der Waals surface area contributed by atoms with Crippen LogP contribution in [0.5, 0.6) is 0 Å². The lowest BCUT2D eigenvalue weighted by atomic mass is 10.1. The van der Waals surface area contributed by atoms with E-state index in [4.69, 9.17) is 16.7 Å². The number of imidazole rings is 1. The summed E-state index contributed by atoms with van der Waals surface area (Å²) >= 11 is 7.36. The van der Waals surface area contributed by atoms with Crippen molar-refractivity contribution in [3.05, 3.63) is 89.2 Å². The van der Waals surface area contributed by atoms with Gasteiger partial charge in [-0.3, -0.25) is 9.48 Å². The van der Waals surface area contributed by atoms with Gasteiger partial charge < -0.3 is 5.32 Å². The lowest BCUT2D eigenvalue weighted by Gasteiger charge is -2.03. The molecule has 6 aromatic rings. The topological polar surface area (TPSA) is 90.0 Å². The van der Waals surface area contributed by atoms with Crippen LogP contribution in [0.15, 0.2) is 78.4 Å². The molecule has 0 aliphatic heterocycles. The summed E-state index contributed by atoms with van der Waals surface area (Å²) in [5, 5.41) is 16.4. The van der Waals surface area contributed by atoms with E-state index in [1.807, 2.05) is 61.8 Å². The van der Waals surface area contributed by atoms with Gasteiger partial charge in [0.15, 0.2) is 11.5 Å². The second-order valence-electron chi connectivity index (χ2n) is 8.33. The zero-order valence-corrected chi connectivity index (χ0v) is 22.2. The largest absolute Gasteiger partial charge is 0.304 e. The van der Waals surface area contributed by atoms with Crippen molar-refractivity contribution in [3.63, 3.8) is 0 Å². The molecule has 6 rings (SSSR count). The number of anilines is 1. The molecule has 0 aliphatic carbocycles. The summed E-state index contributed by atoms with van der Waals surface area (Å²) in [5.41, 5.74) is 5.31. The highest BCUT2D eigenvalue weighted by Gasteiger charge is 2.17. The Morgan fingerprint density at radius 2 is 1.70 bits per heavy atom. The van der Waals surface area contributed by atoms with Crippen LogP contribution < -0.4 is 10.6 Å². The molecule has 2 aromatic carbocycles. The molecule has 0 spiro atoms. The number of thiazole rings is 1. The van der Waals surface area contributed by atoms with Gasteiger partial charge in [0.05, 0.1) is 11.9 Å². The summed E-state index contributed by atoms with van der Waals surface area (Å²) in [6, 6.07) is 19.2. The minimum atomic E-state index is -0.341. The van der Waals surface area contributed by atoms with Crippen molar-refractivity contribution in [1.29, 1.82) is 0 Å². The molecule has 0 saturated carbocycles. The molecule has 0 bridgehead atoms. The first-order chi connectivity index (χ1) is 17.9. The highest BCUT2D eigenvalue weighted by Crippen LogP contribution is 2.30. The molecule has 0 saturated heterocycles. The number of halogens is 1. The van der Waals surface area contributed by atoms with Gasteiger partial charge in [-0.2, -0.15) is 10.2 Å². The molecule has 4 heterocycles. The molecule has 0 radical (unpaired) electrons. The van der Waals surface area contributed by atoms with Crippen LogP contribution >= 0.6 is 32.2 Å². The van der Waals surface area contributed by atoms with Crippen molar-refractivity contribution in [2.45, 2.75) is 0 Å². The molecule has 1 amide bonds. The van der Waals surface area contributed by atoms with Gasteiger partial charge in [-0.1, -0.05) is 48.0 Å². The van der Waals surface area contributed by atoms with Crippen LogP contribution in [-0.4, -0.2) is 35.3 Å². The molecule has 8 nitrogen and oxygen atoms in total. The fourth-order valence-electron chi connectivity index (χ4n) is 3.90. The first-order valence-electron chi connectivity index (χ1n) is 11.2. The molecule has 37 heavy (non-hydrogen) atoms. The maximum absolute atomic E-state index is 12.8. The zero-order valence-electron chi connectivity index (χ0n) is 19.5. The first kappa shape index (κ1) is 23.5. The Hall–Kier alpha value is -3.91. The van der Waals surface area contributed by atoms with E-state index in [1.54, 1.807) is 32.9 Å². The number of hydrogen-bond donors (Lipinski definition) is 1. The summed E-state index contributed by atoms with van der Waals surface area (Å²) in [5.74, 6) is 0.0466. The average Bonchev–Trinajstić information content (AvgIpc) is 3.62. The van der Waals surface area contributed by atoms with Gasteiger partial charge in [0.25, 0.3) is 5.91 Å². The molecule has 0 fully saturated rings. The first-order valence-corrected chi connectivity index (χ1v) is 13.1. The van der Waals surface area contributed by atoms with Crippen molar-refractivity contribution in [3.8, 4) is 33.1 Å². The zero-order chi connectivity index (χ0) is 25.5. The number of nitrogens with zero attached hydrogens (tertiary/aromatic N) is 6. The van der Waals surface area contributed by atoms with Crippen molar-refractivity contribution in [1.82, 2.24) is 29.4 Å². The van der Waals surface area contributed by atoms with E-state index < -0.39 is 0 Å². The highest BCUT2D eigenvalue weighted by molar-refractivity contribution is 7.27. The molecule has 11 heteroatoms. The average molecular weight is 544 g/mol. The Morgan fingerprint density at radius 1 is 0.946 bits per heavy atom. The van der Waals surface area contributed by atoms with E-state index in [9.17, 15) is 4.79 Å². The van der Waals surface area contributed by atoms with Crippen LogP contribution in [-0.2, 0) is 7.05 Å². The number of carbonyl (C=O) groups excluding carboxylic acids is 1. The Bertz CT molecular complexity index is 1760. The predicted molar refractivity (Wildman–Crippen MR) is 150 cm³/mol. The molecular weight excluding hydrogens is 525 g/mol. The molecule has 1 atom stereocenters. The van der Waals surface area contributed by atoms with Crippen molar-refractivity contribution in [2.24, 2.45) is 7.05 Å². The van der Waals surface area contributed by atoms with Gasteiger partial charge in [0.1, 0.15) is 16.4 Å². The third-order valence-corrected chi connectivity index (χ3v) is 7.21. The quantitative estimate of drug-likeness (QED) is 0.297. The minimum absolute atomic E-state index is 0.317. The maximum atomic E-state index is 12.8. The van der Waals surface area contributed by atoms with Crippen LogP contribution in [0, 0.1) is 0 Å². The molecular formula is C26H19ClN7OPS. The van der Waals surface area contributed by atoms with Gasteiger partial charge in [-0.05, 0) is 29.6 Å². The lowest BCUT2D eigenvalue weighted by Crippen LogP contribution is -2.12. The summed E-state index contributed by atoms with van der Waals surface area (Å²) in [4.78, 5) is 21.8. The second kappa shape index (κ2) is 9.52. The van der Waals surface area contributed by atoms with Gasteiger partial charge in [-0.15, -0.1) is 20.6 Å². The predicted octanol–water partition coefficient (Wildman–Crippen LogP) is 5.33. The number of hydrogen-bond acceptors (Lipinski definition) is 6. The molecule has 1 unspecified atom stereocenters. The normalized spacial score (nSPS) is 11.2. The Balaban J connectivity index is 1.25. The van der Waals surface area contributed by atoms with Crippen LogP contribution in [0.2, 0.25) is 5.02 Å². The third-order valence-electron chi connectivity index (χ3n) is 5.68. The lowest BCUT2D eigenvalue weighted by molar-refractivity contribution is 0.102. The Morgan fingerprint density at radius 3 is 2.49 bits per heavy atom. The SMILES string of the molecule is Cn1cc(-c2ccc3nc(NC(=O)c4csc(-c5ccc(Cl)cc5)n4)cn3n2)c(-c2ccc(P)cc2)n1. The fourth-order valence-corrected chi connectivity index (χ4v) is 5.02. The fraction of sp³-hybridized carbons (Fsp3) is 0.0385. The molecule has 1 N–H and O–H groups in total. The number of rotatable bonds is 5. The Labute approximate surface area is 223 Å². The number of fused-ring (bicyclic) bond motifs is 1. The minimum Gasteiger partial charge on any atom is -0.304 e. The number of aromatic nitrogens is 6. The molecule has 0 aliphatic rings. The van der Waals surface area contributed by atoms with Crippen LogP contribution in [0.25, 0.3) is 38.7 Å². The van der Waals surface area contributed by atoms with E-state index >= 15 is 0 Å². The van der Waals surface area contributed by atoms with E-state index in [0.717, 1.165) is 38.4 Å². The maximum Gasteiger partial charge on any atom is 0.276 e. The molecule has 182 valence electrons. The smallest absolute Gasteiger partial charge is 0.276 e. The monoisotopic (exact) mass is 543 g/mol. The number of nitrogens with one attached hydrogen (secondary N) is 1. The highest BCUT2D eigenvalue weighted by atomic mass is 35.5. The van der Waals surface area contributed by atoms with E-state index in [1.165, 1.54) is 11.3 Å². The van der Waals surface area contributed by atoms with Crippen LogP contribution in [0.3, 0.4) is 0 Å². The van der Waals surface area contributed by atoms with Crippen LogP contribution in [0.1, 0.15) is 10.5 Å². The summed E-state index contributed by atoms with van der Waals surface area (Å²) in [6.45, 7) is 0. The van der Waals surface area contributed by atoms with Crippen molar-refractivity contribution < 1.29 is 4.79 Å². The standard InChI is InChI=1S/C26H19ClN7OPS/c1-33-12-19(24(32-33)15-4-8-18(36)9-5-15)20-10-11-23-29-22(13-34(23)31-20)30-25(35)21-14-37-26(28-21)16-2-6-17(27)7-3-16/h2-14H,36H2,1H3,(H,30,35). The van der Waals surface area contributed by atoms with E-state index in [2.05, 4.69) is 29.6 Å². The third kappa shape index (κ3) is 4.76. The van der Waals surface area contributed by atoms with Gasteiger partial charge >= 0.3 is 0 Å². The summed E-state index contributed by atoms with van der Waals surface area (Å²) in [7, 11) is 4.57. The summed E-state index contributed by atoms with van der Waals surface area (Å²) < 4.78 is 3.42. The van der Waals surface area contributed by atoms with E-state index in [0.29, 0.717) is 22.2 Å². The second-order valence-corrected chi connectivity index (χ2v) is 10.3. The number of carbonyl (C=O) groups is 1. The Kier molecular flexibility index (Phi) is 6.04. The van der Waals surface area contributed by atoms with Crippen LogP contribution in [0.4, 0.5) is 5.82 Å². The van der Waals surface area contributed by atoms with Crippen molar-refractivity contribution >= 4 is 54.9 Å². The number of amides is 1. The number of aryl methyl sites for hydroxylation is 1. The van der Waals surface area contributed by atoms with Gasteiger partial charge in [-0.25, -0.2) is 14.5 Å². The summed E-state index contributed by atoms with van der Waals surface area (Å²) in [6.07, 6.45) is 3.63. The number of benzene rings is 2. The molecule has 4 aromatic heterocycles.